The van der Waals surface area contributed by atoms with Gasteiger partial charge in [-0.2, -0.15) is 0 Å². The van der Waals surface area contributed by atoms with E-state index in [0.29, 0.717) is 0 Å². The maximum absolute atomic E-state index is 10.9. The molecule has 0 unspecified atom stereocenters. The molecule has 0 aromatic carbocycles. The number of rotatable bonds is 3. The van der Waals surface area contributed by atoms with E-state index in [-0.39, 0.29) is 12.6 Å². The lowest BCUT2D eigenvalue weighted by Gasteiger charge is -2.17. The summed E-state index contributed by atoms with van der Waals surface area (Å²) in [4.78, 5) is 15.2. The highest BCUT2D eigenvalue weighted by atomic mass is 16.6. The van der Waals surface area contributed by atoms with Crippen LogP contribution in [0.4, 0.5) is 0 Å². The zero-order chi connectivity index (χ0) is 9.61. The minimum Gasteiger partial charge on any atom is -0.457 e. The predicted molar refractivity (Wildman–Crippen MR) is 45.1 cm³/mol. The molecule has 0 saturated heterocycles. The van der Waals surface area contributed by atoms with Gasteiger partial charge in [0.15, 0.2) is 0 Å². The van der Waals surface area contributed by atoms with Gasteiger partial charge in [-0.05, 0) is 26.8 Å². The van der Waals surface area contributed by atoms with E-state index in [0.717, 1.165) is 0 Å². The zero-order valence-corrected chi connectivity index (χ0v) is 7.66. The third kappa shape index (κ3) is 7.24. The minimum atomic E-state index is -0.453. The van der Waals surface area contributed by atoms with E-state index in [4.69, 9.17) is 10.6 Å². The van der Waals surface area contributed by atoms with Crippen LogP contribution in [0.25, 0.3) is 0 Å². The second kappa shape index (κ2) is 4.90. The molecule has 0 spiro atoms. The molecule has 0 bridgehead atoms. The van der Waals surface area contributed by atoms with Crippen LogP contribution in [-0.4, -0.2) is 18.2 Å². The molecule has 0 aliphatic carbocycles. The molecule has 12 heavy (non-hydrogen) atoms. The first-order valence-electron chi connectivity index (χ1n) is 3.67. The minimum absolute atomic E-state index is 0.208. The van der Waals surface area contributed by atoms with Crippen molar-refractivity contribution >= 4 is 5.97 Å². The third-order valence-electron chi connectivity index (χ3n) is 0.853. The Morgan fingerprint density at radius 3 is 2.50 bits per heavy atom. The summed E-state index contributed by atoms with van der Waals surface area (Å²) in [5.41, 5.74) is -0.453. The number of ether oxygens (including phenoxy) is 1. The number of carbonyl (C=O) groups excluding carboxylic acids is 1. The van der Waals surface area contributed by atoms with Gasteiger partial charge in [0.05, 0.1) is 6.61 Å². The molecule has 0 saturated carbocycles. The van der Waals surface area contributed by atoms with Gasteiger partial charge in [-0.25, -0.2) is 10.7 Å². The number of esters is 1. The quantitative estimate of drug-likeness (QED) is 0.389. The molecule has 0 aliphatic rings. The topological polar surface area (TPSA) is 61.5 Å². The Morgan fingerprint density at radius 1 is 1.50 bits per heavy atom. The maximum atomic E-state index is 10.9. The SMILES string of the molecule is CC(C)(C)OC(=O)/C=C/CON. The van der Waals surface area contributed by atoms with E-state index in [1.165, 1.54) is 12.2 Å². The zero-order valence-electron chi connectivity index (χ0n) is 7.66. The standard InChI is InChI=1S/C8H15NO3/c1-8(2,3)12-7(10)5-4-6-11-9/h4-5H,6,9H2,1-3H3/b5-4+. The molecular weight excluding hydrogens is 158 g/mol. The largest absolute Gasteiger partial charge is 0.457 e. The van der Waals surface area contributed by atoms with Crippen molar-refractivity contribution in [3.63, 3.8) is 0 Å². The second-order valence-electron chi connectivity index (χ2n) is 3.27. The molecular formula is C8H15NO3. The summed E-state index contributed by atoms with van der Waals surface area (Å²) in [6, 6.07) is 0. The molecule has 0 fully saturated rings. The van der Waals surface area contributed by atoms with Gasteiger partial charge in [-0.15, -0.1) is 0 Å². The van der Waals surface area contributed by atoms with Crippen molar-refractivity contribution in [3.8, 4) is 0 Å². The smallest absolute Gasteiger partial charge is 0.331 e. The van der Waals surface area contributed by atoms with E-state index >= 15 is 0 Å². The molecule has 0 heterocycles. The van der Waals surface area contributed by atoms with Crippen LogP contribution >= 0.6 is 0 Å². The summed E-state index contributed by atoms with van der Waals surface area (Å²) in [5, 5.41) is 0. The Kier molecular flexibility index (Phi) is 4.54. The van der Waals surface area contributed by atoms with Gasteiger partial charge in [0.25, 0.3) is 0 Å². The molecule has 0 rings (SSSR count). The Morgan fingerprint density at radius 2 is 2.08 bits per heavy atom. The molecule has 4 nitrogen and oxygen atoms in total. The number of carbonyl (C=O) groups is 1. The van der Waals surface area contributed by atoms with E-state index in [1.54, 1.807) is 20.8 Å². The van der Waals surface area contributed by atoms with E-state index in [1.807, 2.05) is 0 Å². The summed E-state index contributed by atoms with van der Waals surface area (Å²) in [5.74, 6) is 4.35. The van der Waals surface area contributed by atoms with E-state index in [2.05, 4.69) is 4.84 Å². The van der Waals surface area contributed by atoms with Crippen LogP contribution in [0.2, 0.25) is 0 Å². The van der Waals surface area contributed by atoms with Crippen molar-refractivity contribution in [1.29, 1.82) is 0 Å². The average molecular weight is 173 g/mol. The first-order valence-corrected chi connectivity index (χ1v) is 3.67. The summed E-state index contributed by atoms with van der Waals surface area (Å²) in [7, 11) is 0. The van der Waals surface area contributed by atoms with Crippen molar-refractivity contribution in [2.75, 3.05) is 6.61 Å². The van der Waals surface area contributed by atoms with Crippen LogP contribution < -0.4 is 5.90 Å². The summed E-state index contributed by atoms with van der Waals surface area (Å²) < 4.78 is 4.96. The van der Waals surface area contributed by atoms with Crippen LogP contribution in [-0.2, 0) is 14.4 Å². The van der Waals surface area contributed by atoms with Gasteiger partial charge in [-0.1, -0.05) is 0 Å². The molecule has 0 radical (unpaired) electrons. The second-order valence-corrected chi connectivity index (χ2v) is 3.27. The molecule has 0 aromatic heterocycles. The fraction of sp³-hybridized carbons (Fsp3) is 0.625. The van der Waals surface area contributed by atoms with Crippen molar-refractivity contribution in [1.82, 2.24) is 0 Å². The lowest BCUT2D eigenvalue weighted by molar-refractivity contribution is -0.148. The summed E-state index contributed by atoms with van der Waals surface area (Å²) >= 11 is 0. The van der Waals surface area contributed by atoms with Crippen molar-refractivity contribution < 1.29 is 14.4 Å². The van der Waals surface area contributed by atoms with Crippen LogP contribution in [0.3, 0.4) is 0 Å². The van der Waals surface area contributed by atoms with Crippen LogP contribution in [0.1, 0.15) is 20.8 Å². The molecule has 0 atom stereocenters. The Labute approximate surface area is 72.3 Å². The molecule has 2 N–H and O–H groups in total. The van der Waals surface area contributed by atoms with E-state index < -0.39 is 5.60 Å². The monoisotopic (exact) mass is 173 g/mol. The van der Waals surface area contributed by atoms with Gasteiger partial charge in [-0.3, -0.25) is 0 Å². The first kappa shape index (κ1) is 11.1. The lowest BCUT2D eigenvalue weighted by atomic mass is 10.2. The Hall–Kier alpha value is -0.870. The van der Waals surface area contributed by atoms with Crippen molar-refractivity contribution in [2.24, 2.45) is 5.90 Å². The maximum Gasteiger partial charge on any atom is 0.331 e. The normalized spacial score (nSPS) is 12.0. The van der Waals surface area contributed by atoms with Crippen molar-refractivity contribution in [3.05, 3.63) is 12.2 Å². The Balaban J connectivity index is 3.75. The predicted octanol–water partition coefficient (Wildman–Crippen LogP) is 0.775. The van der Waals surface area contributed by atoms with Gasteiger partial charge in [0.2, 0.25) is 0 Å². The number of hydrogen-bond acceptors (Lipinski definition) is 4. The van der Waals surface area contributed by atoms with Gasteiger partial charge in [0.1, 0.15) is 5.60 Å². The highest BCUT2D eigenvalue weighted by molar-refractivity contribution is 5.82. The van der Waals surface area contributed by atoms with Crippen LogP contribution in [0, 0.1) is 0 Å². The highest BCUT2D eigenvalue weighted by Gasteiger charge is 2.13. The molecule has 4 heteroatoms. The van der Waals surface area contributed by atoms with Gasteiger partial charge < -0.3 is 9.57 Å². The van der Waals surface area contributed by atoms with E-state index in [9.17, 15) is 4.79 Å². The fourth-order valence-corrected chi connectivity index (χ4v) is 0.536. The molecule has 0 aliphatic heterocycles. The third-order valence-corrected chi connectivity index (χ3v) is 0.853. The average Bonchev–Trinajstić information content (AvgIpc) is 1.84. The van der Waals surface area contributed by atoms with Gasteiger partial charge in [0, 0.05) is 6.08 Å². The van der Waals surface area contributed by atoms with Crippen molar-refractivity contribution in [2.45, 2.75) is 26.4 Å². The first-order chi connectivity index (χ1) is 5.45. The van der Waals surface area contributed by atoms with Crippen LogP contribution in [0.15, 0.2) is 12.2 Å². The fourth-order valence-electron chi connectivity index (χ4n) is 0.536. The number of nitrogens with two attached hydrogens (primary N) is 1. The number of hydrogen-bond donors (Lipinski definition) is 1. The lowest BCUT2D eigenvalue weighted by Crippen LogP contribution is -2.22. The summed E-state index contributed by atoms with van der Waals surface area (Å²) in [6.07, 6.45) is 2.78. The molecule has 0 amide bonds. The van der Waals surface area contributed by atoms with Crippen LogP contribution in [0.5, 0.6) is 0 Å². The molecule has 0 aromatic rings. The molecule has 70 valence electrons. The Bertz CT molecular complexity index is 170. The highest BCUT2D eigenvalue weighted by Crippen LogP contribution is 2.06. The summed E-state index contributed by atoms with van der Waals surface area (Å²) in [6.45, 7) is 5.62. The van der Waals surface area contributed by atoms with Gasteiger partial charge >= 0.3 is 5.97 Å².